The van der Waals surface area contributed by atoms with Crippen LogP contribution in [-0.2, 0) is 0 Å². The van der Waals surface area contributed by atoms with E-state index in [4.69, 9.17) is 10.9 Å². The van der Waals surface area contributed by atoms with E-state index in [1.165, 1.54) is 0 Å². The van der Waals surface area contributed by atoms with Crippen molar-refractivity contribution < 1.29 is 10.3 Å². The zero-order valence-corrected chi connectivity index (χ0v) is 10.2. The molecule has 0 aromatic carbocycles. The molecule has 0 radical (unpaired) electrons. The van der Waals surface area contributed by atoms with Gasteiger partial charge in [-0.2, -0.15) is 0 Å². The summed E-state index contributed by atoms with van der Waals surface area (Å²) in [6.07, 6.45) is 4.50. The van der Waals surface area contributed by atoms with Crippen LogP contribution in [0, 0.1) is 0 Å². The molecule has 1 fully saturated rings. The van der Waals surface area contributed by atoms with Crippen molar-refractivity contribution in [2.75, 3.05) is 13.6 Å². The second-order valence-electron chi connectivity index (χ2n) is 4.99. The van der Waals surface area contributed by atoms with E-state index in [1.807, 2.05) is 14.0 Å². The Kier molecular flexibility index (Phi) is 4.56. The smallest absolute Gasteiger partial charge is 0.140 e. The van der Waals surface area contributed by atoms with Crippen LogP contribution in [0.5, 0.6) is 0 Å². The van der Waals surface area contributed by atoms with E-state index >= 15 is 0 Å². The molecule has 0 amide bonds. The predicted octanol–water partition coefficient (Wildman–Crippen LogP) is 0.748. The molecule has 0 heterocycles. The summed E-state index contributed by atoms with van der Waals surface area (Å²) >= 11 is 0. The number of rotatable bonds is 5. The molecular weight excluding hydrogens is 206 g/mol. The van der Waals surface area contributed by atoms with Gasteiger partial charge in [-0.15, -0.1) is 0 Å². The van der Waals surface area contributed by atoms with Crippen molar-refractivity contribution in [3.05, 3.63) is 0 Å². The monoisotopic (exact) mass is 229 g/mol. The number of amidine groups is 1. The lowest BCUT2D eigenvalue weighted by atomic mass is 10.0. The molecule has 0 aliphatic heterocycles. The van der Waals surface area contributed by atoms with Crippen LogP contribution >= 0.6 is 0 Å². The van der Waals surface area contributed by atoms with Crippen LogP contribution < -0.4 is 5.73 Å². The third-order valence-electron chi connectivity index (χ3n) is 3.46. The molecule has 1 saturated carbocycles. The number of aliphatic hydroxyl groups is 1. The molecule has 0 saturated heterocycles. The van der Waals surface area contributed by atoms with E-state index in [0.717, 1.165) is 25.7 Å². The van der Waals surface area contributed by atoms with Crippen LogP contribution in [0.25, 0.3) is 0 Å². The van der Waals surface area contributed by atoms with E-state index in [0.29, 0.717) is 13.0 Å². The molecule has 0 aromatic rings. The van der Waals surface area contributed by atoms with Crippen molar-refractivity contribution in [2.24, 2.45) is 10.9 Å². The Morgan fingerprint density at radius 3 is 2.56 bits per heavy atom. The molecule has 0 spiro atoms. The topological polar surface area (TPSA) is 82.1 Å². The lowest BCUT2D eigenvalue weighted by molar-refractivity contribution is 0.00784. The maximum Gasteiger partial charge on any atom is 0.140 e. The first-order valence-corrected chi connectivity index (χ1v) is 5.86. The number of oxime groups is 1. The normalized spacial score (nSPS) is 22.6. The van der Waals surface area contributed by atoms with Crippen LogP contribution in [0.15, 0.2) is 5.16 Å². The zero-order chi connectivity index (χ0) is 12.2. The highest BCUT2D eigenvalue weighted by Crippen LogP contribution is 2.30. The highest BCUT2D eigenvalue weighted by atomic mass is 16.4. The number of likely N-dealkylation sites (N-methyl/N-ethyl adjacent to an activating group) is 1. The van der Waals surface area contributed by atoms with E-state index in [-0.39, 0.29) is 11.9 Å². The minimum atomic E-state index is -0.534. The van der Waals surface area contributed by atoms with Gasteiger partial charge in [-0.25, -0.2) is 0 Å². The van der Waals surface area contributed by atoms with Crippen LogP contribution in [-0.4, -0.2) is 46.3 Å². The van der Waals surface area contributed by atoms with Crippen LogP contribution in [0.1, 0.15) is 39.0 Å². The largest absolute Gasteiger partial charge is 0.409 e. The minimum absolute atomic E-state index is 0.167. The van der Waals surface area contributed by atoms with Gasteiger partial charge in [0.15, 0.2) is 0 Å². The molecule has 0 aromatic heterocycles. The molecule has 1 unspecified atom stereocenters. The third-order valence-corrected chi connectivity index (χ3v) is 3.46. The third kappa shape index (κ3) is 3.64. The second kappa shape index (κ2) is 5.50. The van der Waals surface area contributed by atoms with Gasteiger partial charge in [0.1, 0.15) is 5.84 Å². The number of nitrogens with two attached hydrogens (primary N) is 1. The predicted molar refractivity (Wildman–Crippen MR) is 63.5 cm³/mol. The molecule has 16 heavy (non-hydrogen) atoms. The Bertz CT molecular complexity index is 250. The molecule has 0 bridgehead atoms. The summed E-state index contributed by atoms with van der Waals surface area (Å²) in [5.74, 6) is 0.234. The second-order valence-corrected chi connectivity index (χ2v) is 4.99. The molecule has 5 nitrogen and oxygen atoms in total. The fourth-order valence-corrected chi connectivity index (χ4v) is 2.31. The highest BCUT2D eigenvalue weighted by molar-refractivity contribution is 5.80. The van der Waals surface area contributed by atoms with Crippen LogP contribution in [0.4, 0.5) is 0 Å². The SMILES string of the molecule is CC(CC(N)=NO)N(C)CC1(O)CCCC1. The van der Waals surface area contributed by atoms with Crippen molar-refractivity contribution in [2.45, 2.75) is 50.7 Å². The van der Waals surface area contributed by atoms with Gasteiger partial charge in [-0.1, -0.05) is 18.0 Å². The average Bonchev–Trinajstić information content (AvgIpc) is 2.64. The van der Waals surface area contributed by atoms with Gasteiger partial charge in [0.2, 0.25) is 0 Å². The molecule has 1 aliphatic rings. The van der Waals surface area contributed by atoms with Crippen molar-refractivity contribution in [3.63, 3.8) is 0 Å². The molecule has 1 rings (SSSR count). The summed E-state index contributed by atoms with van der Waals surface area (Å²) < 4.78 is 0. The number of hydrogen-bond donors (Lipinski definition) is 3. The van der Waals surface area contributed by atoms with Gasteiger partial charge in [0, 0.05) is 19.0 Å². The molecule has 1 aliphatic carbocycles. The quantitative estimate of drug-likeness (QED) is 0.281. The standard InChI is InChI=1S/C11H23N3O2/c1-9(7-10(12)13-16)14(2)8-11(15)5-3-4-6-11/h9,15-16H,3-8H2,1-2H3,(H2,12,13). The fraction of sp³-hybridized carbons (Fsp3) is 0.909. The summed E-state index contributed by atoms with van der Waals surface area (Å²) in [6.45, 7) is 2.67. The Morgan fingerprint density at radius 2 is 2.06 bits per heavy atom. The lowest BCUT2D eigenvalue weighted by Crippen LogP contribution is -2.44. The van der Waals surface area contributed by atoms with E-state index in [1.54, 1.807) is 0 Å². The van der Waals surface area contributed by atoms with E-state index in [2.05, 4.69) is 10.1 Å². The highest BCUT2D eigenvalue weighted by Gasteiger charge is 2.33. The summed E-state index contributed by atoms with van der Waals surface area (Å²) in [5.41, 5.74) is 4.93. The maximum absolute atomic E-state index is 10.2. The van der Waals surface area contributed by atoms with Gasteiger partial charge in [-0.3, -0.25) is 0 Å². The summed E-state index contributed by atoms with van der Waals surface area (Å²) in [5, 5.41) is 21.7. The van der Waals surface area contributed by atoms with Crippen LogP contribution in [0.2, 0.25) is 0 Å². The average molecular weight is 229 g/mol. The Labute approximate surface area is 96.9 Å². The van der Waals surface area contributed by atoms with Gasteiger partial charge in [0.25, 0.3) is 0 Å². The summed E-state index contributed by atoms with van der Waals surface area (Å²) in [6, 6.07) is 0.167. The van der Waals surface area contributed by atoms with Crippen molar-refractivity contribution in [1.29, 1.82) is 0 Å². The Balaban J connectivity index is 2.41. The van der Waals surface area contributed by atoms with Gasteiger partial charge in [-0.05, 0) is 26.8 Å². The first-order chi connectivity index (χ1) is 7.47. The first kappa shape index (κ1) is 13.3. The van der Waals surface area contributed by atoms with E-state index < -0.39 is 5.60 Å². The number of nitrogens with zero attached hydrogens (tertiary/aromatic N) is 2. The molecular formula is C11H23N3O2. The fourth-order valence-electron chi connectivity index (χ4n) is 2.31. The molecule has 5 heteroatoms. The molecule has 1 atom stereocenters. The summed E-state index contributed by atoms with van der Waals surface area (Å²) in [4.78, 5) is 2.07. The van der Waals surface area contributed by atoms with Gasteiger partial charge >= 0.3 is 0 Å². The number of hydrogen-bond acceptors (Lipinski definition) is 4. The van der Waals surface area contributed by atoms with Gasteiger partial charge < -0.3 is 20.9 Å². The lowest BCUT2D eigenvalue weighted by Gasteiger charge is -2.32. The van der Waals surface area contributed by atoms with Gasteiger partial charge in [0.05, 0.1) is 5.60 Å². The minimum Gasteiger partial charge on any atom is -0.409 e. The van der Waals surface area contributed by atoms with Crippen molar-refractivity contribution in [1.82, 2.24) is 4.90 Å². The molecule has 94 valence electrons. The van der Waals surface area contributed by atoms with Crippen LogP contribution in [0.3, 0.4) is 0 Å². The summed E-state index contributed by atoms with van der Waals surface area (Å²) in [7, 11) is 1.96. The van der Waals surface area contributed by atoms with Crippen molar-refractivity contribution in [3.8, 4) is 0 Å². The zero-order valence-electron chi connectivity index (χ0n) is 10.2. The first-order valence-electron chi connectivity index (χ1n) is 5.86. The van der Waals surface area contributed by atoms with E-state index in [9.17, 15) is 5.11 Å². The Morgan fingerprint density at radius 1 is 1.50 bits per heavy atom. The van der Waals surface area contributed by atoms with Crippen molar-refractivity contribution >= 4 is 5.84 Å². The Hall–Kier alpha value is -0.810. The molecule has 4 N–H and O–H groups in total. The maximum atomic E-state index is 10.2.